The molecule has 0 aliphatic carbocycles. The molecule has 0 spiro atoms. The molecule has 0 aliphatic rings. The topological polar surface area (TPSA) is 48.1 Å². The van der Waals surface area contributed by atoms with Gasteiger partial charge in [0.15, 0.2) is 0 Å². The van der Waals surface area contributed by atoms with Crippen molar-refractivity contribution >= 4 is 21.6 Å². The lowest BCUT2D eigenvalue weighted by Gasteiger charge is -2.11. The Morgan fingerprint density at radius 2 is 2.29 bits per heavy atom. The summed E-state index contributed by atoms with van der Waals surface area (Å²) in [5.74, 6) is 0.257. The normalized spacial score (nSPS) is 10.6. The molecule has 0 unspecified atom stereocenters. The fourth-order valence-corrected chi connectivity index (χ4v) is 1.47. The van der Waals surface area contributed by atoms with Gasteiger partial charge in [0.25, 0.3) is 6.43 Å². The van der Waals surface area contributed by atoms with Crippen LogP contribution in [0.5, 0.6) is 5.75 Å². The third-order valence-corrected chi connectivity index (χ3v) is 2.33. The first kappa shape index (κ1) is 11.2. The van der Waals surface area contributed by atoms with E-state index >= 15 is 0 Å². The van der Waals surface area contributed by atoms with E-state index in [0.29, 0.717) is 10.9 Å². The molecule has 1 aromatic heterocycles. The molecule has 3 nitrogen and oxygen atoms in total. The molecule has 0 amide bonds. The van der Waals surface area contributed by atoms with Gasteiger partial charge in [0.2, 0.25) is 0 Å². The van der Waals surface area contributed by atoms with Crippen LogP contribution in [0.3, 0.4) is 0 Å². The molecular weight excluding hydrogens is 258 g/mol. The van der Waals surface area contributed by atoms with Crippen molar-refractivity contribution in [3.05, 3.63) is 17.5 Å². The number of ether oxygens (including phenoxy) is 1. The van der Waals surface area contributed by atoms with Gasteiger partial charge in [-0.2, -0.15) is 0 Å². The Morgan fingerprint density at radius 1 is 1.64 bits per heavy atom. The molecule has 2 N–H and O–H groups in total. The Morgan fingerprint density at radius 3 is 2.71 bits per heavy atom. The molecule has 0 atom stereocenters. The highest BCUT2D eigenvalue weighted by molar-refractivity contribution is 9.08. The van der Waals surface area contributed by atoms with Crippen LogP contribution >= 0.6 is 15.9 Å². The lowest BCUT2D eigenvalue weighted by molar-refractivity contribution is 0.146. The molecule has 0 saturated heterocycles. The molecule has 0 aliphatic heterocycles. The van der Waals surface area contributed by atoms with Crippen LogP contribution in [0.25, 0.3) is 0 Å². The third kappa shape index (κ3) is 1.95. The van der Waals surface area contributed by atoms with E-state index in [2.05, 4.69) is 20.9 Å². The molecular formula is C8H9BrF2N2O. The van der Waals surface area contributed by atoms with E-state index in [-0.39, 0.29) is 11.4 Å². The van der Waals surface area contributed by atoms with E-state index in [1.54, 1.807) is 0 Å². The van der Waals surface area contributed by atoms with E-state index in [1.807, 2.05) is 0 Å². The van der Waals surface area contributed by atoms with Crippen molar-refractivity contribution in [2.45, 2.75) is 11.8 Å². The quantitative estimate of drug-likeness (QED) is 0.856. The van der Waals surface area contributed by atoms with Gasteiger partial charge in [0.1, 0.15) is 17.1 Å². The molecule has 0 fully saturated rings. The highest BCUT2D eigenvalue weighted by Crippen LogP contribution is 2.34. The first-order chi connectivity index (χ1) is 6.61. The molecule has 1 rings (SSSR count). The van der Waals surface area contributed by atoms with E-state index in [1.165, 1.54) is 13.3 Å². The number of rotatable bonds is 3. The number of nitrogen functional groups attached to an aromatic ring is 1. The summed E-state index contributed by atoms with van der Waals surface area (Å²) in [4.78, 5) is 3.57. The molecule has 14 heavy (non-hydrogen) atoms. The van der Waals surface area contributed by atoms with E-state index in [9.17, 15) is 8.78 Å². The minimum absolute atomic E-state index is 0.0977. The van der Waals surface area contributed by atoms with Gasteiger partial charge in [0, 0.05) is 17.1 Å². The maximum atomic E-state index is 12.4. The fraction of sp³-hybridized carbons (Fsp3) is 0.375. The number of alkyl halides is 3. The van der Waals surface area contributed by atoms with Crippen LogP contribution in [-0.2, 0) is 5.33 Å². The summed E-state index contributed by atoms with van der Waals surface area (Å²) < 4.78 is 29.7. The van der Waals surface area contributed by atoms with E-state index < -0.39 is 12.1 Å². The summed E-state index contributed by atoms with van der Waals surface area (Å²) in [7, 11) is 1.38. The second-order valence-electron chi connectivity index (χ2n) is 2.55. The van der Waals surface area contributed by atoms with Gasteiger partial charge >= 0.3 is 0 Å². The average Bonchev–Trinajstić information content (AvgIpc) is 2.16. The van der Waals surface area contributed by atoms with E-state index in [0.717, 1.165) is 0 Å². The number of nitrogens with zero attached hydrogens (tertiary/aromatic N) is 1. The molecule has 6 heteroatoms. The second-order valence-corrected chi connectivity index (χ2v) is 3.11. The van der Waals surface area contributed by atoms with Crippen molar-refractivity contribution in [2.75, 3.05) is 12.8 Å². The minimum atomic E-state index is -2.69. The van der Waals surface area contributed by atoms with Crippen molar-refractivity contribution < 1.29 is 13.5 Å². The third-order valence-electron chi connectivity index (χ3n) is 1.73. The summed E-state index contributed by atoms with van der Waals surface area (Å²) in [5, 5.41) is 0.455. The number of hydrogen-bond acceptors (Lipinski definition) is 3. The van der Waals surface area contributed by atoms with Crippen molar-refractivity contribution in [2.24, 2.45) is 0 Å². The number of nitrogens with two attached hydrogens (primary N) is 1. The number of methoxy groups -OCH3 is 1. The van der Waals surface area contributed by atoms with Gasteiger partial charge in [-0.25, -0.2) is 8.78 Å². The smallest absolute Gasteiger partial charge is 0.282 e. The molecule has 78 valence electrons. The molecule has 0 radical (unpaired) electrons. The number of anilines is 1. The summed E-state index contributed by atoms with van der Waals surface area (Å²) in [6.45, 7) is 0. The Hall–Kier alpha value is -0.910. The van der Waals surface area contributed by atoms with Crippen LogP contribution < -0.4 is 10.5 Å². The van der Waals surface area contributed by atoms with Gasteiger partial charge in [-0.15, -0.1) is 0 Å². The number of hydrogen-bond donors (Lipinski definition) is 1. The largest absolute Gasteiger partial charge is 0.494 e. The van der Waals surface area contributed by atoms with Crippen molar-refractivity contribution in [1.29, 1.82) is 0 Å². The second kappa shape index (κ2) is 4.54. The Kier molecular flexibility index (Phi) is 3.62. The summed E-state index contributed by atoms with van der Waals surface area (Å²) >= 11 is 3.18. The van der Waals surface area contributed by atoms with Gasteiger partial charge < -0.3 is 10.5 Å². The predicted molar refractivity (Wildman–Crippen MR) is 52.8 cm³/mol. The lowest BCUT2D eigenvalue weighted by Crippen LogP contribution is -2.04. The summed E-state index contributed by atoms with van der Waals surface area (Å²) in [5.41, 5.74) is 5.59. The Bertz CT molecular complexity index is 333. The molecule has 0 bridgehead atoms. The summed E-state index contributed by atoms with van der Waals surface area (Å²) in [6, 6.07) is 0. The van der Waals surface area contributed by atoms with Crippen molar-refractivity contribution in [3.63, 3.8) is 0 Å². The maximum Gasteiger partial charge on any atom is 0.282 e. The highest BCUT2D eigenvalue weighted by Gasteiger charge is 2.18. The van der Waals surface area contributed by atoms with E-state index in [4.69, 9.17) is 10.5 Å². The minimum Gasteiger partial charge on any atom is -0.494 e. The van der Waals surface area contributed by atoms with Gasteiger partial charge in [-0.1, -0.05) is 15.9 Å². The molecule has 1 heterocycles. The summed E-state index contributed by atoms with van der Waals surface area (Å²) in [6.07, 6.45) is -1.36. The highest BCUT2D eigenvalue weighted by atomic mass is 79.9. The van der Waals surface area contributed by atoms with Gasteiger partial charge in [0.05, 0.1) is 7.11 Å². The van der Waals surface area contributed by atoms with Crippen LogP contribution in [0.1, 0.15) is 17.7 Å². The van der Waals surface area contributed by atoms with Crippen LogP contribution in [0.2, 0.25) is 0 Å². The van der Waals surface area contributed by atoms with Crippen LogP contribution in [-0.4, -0.2) is 12.1 Å². The van der Waals surface area contributed by atoms with Gasteiger partial charge in [-0.05, 0) is 0 Å². The Labute approximate surface area is 88.4 Å². The predicted octanol–water partition coefficient (Wildman–Crippen LogP) is 2.50. The average molecular weight is 267 g/mol. The first-order valence-corrected chi connectivity index (χ1v) is 4.89. The zero-order valence-corrected chi connectivity index (χ0v) is 9.01. The van der Waals surface area contributed by atoms with Crippen molar-refractivity contribution in [3.8, 4) is 5.75 Å². The lowest BCUT2D eigenvalue weighted by atomic mass is 10.2. The SMILES string of the molecule is COc1c(CBr)cnc(C(F)F)c1N. The number of aromatic nitrogens is 1. The number of halogens is 3. The zero-order valence-electron chi connectivity index (χ0n) is 7.43. The van der Waals surface area contributed by atoms with Gasteiger partial charge in [-0.3, -0.25) is 4.98 Å². The molecule has 0 aromatic carbocycles. The van der Waals surface area contributed by atoms with Crippen LogP contribution in [0.4, 0.5) is 14.5 Å². The maximum absolute atomic E-state index is 12.4. The van der Waals surface area contributed by atoms with Crippen molar-refractivity contribution in [1.82, 2.24) is 4.98 Å². The standard InChI is InChI=1S/C8H9BrF2N2O/c1-14-7-4(2-9)3-13-6(5(7)12)8(10)11/h3,8H,2,12H2,1H3. The monoisotopic (exact) mass is 266 g/mol. The fourth-order valence-electron chi connectivity index (χ4n) is 1.08. The van der Waals surface area contributed by atoms with Crippen LogP contribution in [0.15, 0.2) is 6.20 Å². The first-order valence-electron chi connectivity index (χ1n) is 3.77. The van der Waals surface area contributed by atoms with Crippen LogP contribution in [0, 0.1) is 0 Å². The molecule has 1 aromatic rings. The number of pyridine rings is 1. The molecule has 0 saturated carbocycles. The Balaban J connectivity index is 3.27. The zero-order chi connectivity index (χ0) is 10.7.